The van der Waals surface area contributed by atoms with Crippen molar-refractivity contribution in [3.8, 4) is 5.75 Å². The lowest BCUT2D eigenvalue weighted by Crippen LogP contribution is -2.45. The average molecular weight is 587 g/mol. The van der Waals surface area contributed by atoms with Gasteiger partial charge in [0.25, 0.3) is 5.91 Å². The topological polar surface area (TPSA) is 132 Å². The number of thiophene rings is 1. The van der Waals surface area contributed by atoms with E-state index < -0.39 is 15.9 Å². The van der Waals surface area contributed by atoms with Crippen LogP contribution < -0.4 is 15.2 Å². The second-order valence-electron chi connectivity index (χ2n) is 11.1. The number of nitrogens with zero attached hydrogens (tertiary/aromatic N) is 4. The summed E-state index contributed by atoms with van der Waals surface area (Å²) >= 11 is 1.60. The van der Waals surface area contributed by atoms with Crippen LogP contribution >= 0.6 is 11.3 Å². The molecule has 0 spiro atoms. The van der Waals surface area contributed by atoms with Gasteiger partial charge in [0.15, 0.2) is 0 Å². The third kappa shape index (κ3) is 5.81. The number of aryl methyl sites for hydroxylation is 1. The highest BCUT2D eigenvalue weighted by Gasteiger charge is 2.42. The van der Waals surface area contributed by atoms with E-state index in [1.807, 2.05) is 17.5 Å². The summed E-state index contributed by atoms with van der Waals surface area (Å²) in [5, 5.41) is 19.3. The Morgan fingerprint density at radius 2 is 1.90 bits per heavy atom. The molecule has 1 amide bonds. The number of piperidine rings is 1. The fourth-order valence-corrected chi connectivity index (χ4v) is 7.74. The molecule has 1 unspecified atom stereocenters. The fraction of sp³-hybridized carbons (Fsp3) is 0.536. The highest BCUT2D eigenvalue weighted by Crippen LogP contribution is 2.42. The molecule has 2 aromatic heterocycles. The SMILES string of the molecule is COc1ccc(S(N)(=O)=O)cc1C(=O)N[C@@H](CCN1[C@@H]2CC[C@H]1CC(n1c(C)nnc1C(C)C)C2)c1cccs1. The van der Waals surface area contributed by atoms with Crippen molar-refractivity contribution in [2.24, 2.45) is 5.14 Å². The number of hydrogen-bond donors (Lipinski definition) is 2. The number of carbonyl (C=O) groups excluding carboxylic acids is 1. The molecular weight excluding hydrogens is 548 g/mol. The zero-order valence-corrected chi connectivity index (χ0v) is 25.0. The van der Waals surface area contributed by atoms with E-state index in [1.54, 1.807) is 11.3 Å². The Bertz CT molecular complexity index is 1440. The number of methoxy groups -OCH3 is 1. The van der Waals surface area contributed by atoms with Crippen molar-refractivity contribution in [3.05, 3.63) is 57.8 Å². The van der Waals surface area contributed by atoms with Crippen LogP contribution in [0.1, 0.15) is 90.8 Å². The highest BCUT2D eigenvalue weighted by atomic mass is 32.2. The molecule has 2 aliphatic rings. The third-order valence-electron chi connectivity index (χ3n) is 8.25. The molecule has 1 aromatic carbocycles. The van der Waals surface area contributed by atoms with Crippen LogP contribution in [0, 0.1) is 6.92 Å². The number of sulfonamides is 1. The minimum atomic E-state index is -3.97. The van der Waals surface area contributed by atoms with Crippen molar-refractivity contribution in [3.63, 3.8) is 0 Å². The lowest BCUT2D eigenvalue weighted by molar-refractivity contribution is 0.0889. The van der Waals surface area contributed by atoms with Gasteiger partial charge >= 0.3 is 0 Å². The number of rotatable bonds is 10. The normalized spacial score (nSPS) is 22.0. The number of ether oxygens (including phenoxy) is 1. The predicted octanol–water partition coefficient (Wildman–Crippen LogP) is 4.16. The summed E-state index contributed by atoms with van der Waals surface area (Å²) in [5.74, 6) is 2.28. The largest absolute Gasteiger partial charge is 0.496 e. The van der Waals surface area contributed by atoms with Gasteiger partial charge < -0.3 is 14.6 Å². The van der Waals surface area contributed by atoms with Gasteiger partial charge in [-0.15, -0.1) is 21.5 Å². The van der Waals surface area contributed by atoms with Crippen LogP contribution in [0.5, 0.6) is 5.75 Å². The van der Waals surface area contributed by atoms with E-state index in [4.69, 9.17) is 9.88 Å². The lowest BCUT2D eigenvalue weighted by Gasteiger charge is -2.40. The Hall–Kier alpha value is -2.80. The maximum Gasteiger partial charge on any atom is 0.255 e. The number of hydrogen-bond acceptors (Lipinski definition) is 8. The predicted molar refractivity (Wildman–Crippen MR) is 154 cm³/mol. The summed E-state index contributed by atoms with van der Waals surface area (Å²) in [5.41, 5.74) is 0.140. The minimum absolute atomic E-state index is 0.130. The van der Waals surface area contributed by atoms with Crippen molar-refractivity contribution < 1.29 is 17.9 Å². The summed E-state index contributed by atoms with van der Waals surface area (Å²) < 4.78 is 31.6. The van der Waals surface area contributed by atoms with Crippen LogP contribution in [0.3, 0.4) is 0 Å². The monoisotopic (exact) mass is 586 g/mol. The first-order valence-corrected chi connectivity index (χ1v) is 16.2. The Morgan fingerprint density at radius 3 is 2.50 bits per heavy atom. The molecule has 5 rings (SSSR count). The first-order chi connectivity index (χ1) is 19.1. The third-order valence-corrected chi connectivity index (χ3v) is 10.1. The van der Waals surface area contributed by atoms with E-state index >= 15 is 0 Å². The van der Waals surface area contributed by atoms with Gasteiger partial charge in [0.2, 0.25) is 10.0 Å². The summed E-state index contributed by atoms with van der Waals surface area (Å²) in [6.07, 6.45) is 5.23. The number of amides is 1. The van der Waals surface area contributed by atoms with Crippen LogP contribution in [0.2, 0.25) is 0 Å². The van der Waals surface area contributed by atoms with E-state index in [2.05, 4.69) is 45.8 Å². The molecule has 40 heavy (non-hydrogen) atoms. The first kappa shape index (κ1) is 28.7. The molecule has 2 aliphatic heterocycles. The Kier molecular flexibility index (Phi) is 8.32. The fourth-order valence-electron chi connectivity index (χ4n) is 6.38. The second-order valence-corrected chi connectivity index (χ2v) is 13.7. The van der Waals surface area contributed by atoms with Gasteiger partial charge in [-0.1, -0.05) is 19.9 Å². The number of aromatic nitrogens is 3. The second kappa shape index (κ2) is 11.6. The van der Waals surface area contributed by atoms with Crippen molar-refractivity contribution in [1.82, 2.24) is 25.0 Å². The maximum atomic E-state index is 13.4. The number of nitrogens with two attached hydrogens (primary N) is 1. The smallest absolute Gasteiger partial charge is 0.255 e. The van der Waals surface area contributed by atoms with Gasteiger partial charge in [-0.05, 0) is 68.7 Å². The van der Waals surface area contributed by atoms with E-state index in [1.165, 1.54) is 38.2 Å². The molecule has 3 aromatic rings. The summed E-state index contributed by atoms with van der Waals surface area (Å²) in [4.78, 5) is 17.0. The standard InChI is InChI=1S/C28H38N6O4S2/c1-17(2)27-32-31-18(3)34(27)21-14-19-7-8-20(15-21)33(19)12-11-24(26-6-5-13-39-26)30-28(35)23-16-22(40(29,36)37)9-10-25(23)38-4/h5-6,9-10,13,16-17,19-21,24H,7-8,11-12,14-15H2,1-4H3,(H,30,35)(H2,29,36,37)/t19-,20+,21?,24-/m0/s1. The van der Waals surface area contributed by atoms with Gasteiger partial charge in [0.05, 0.1) is 23.6 Å². The summed E-state index contributed by atoms with van der Waals surface area (Å²) in [7, 11) is -2.52. The van der Waals surface area contributed by atoms with Crippen LogP contribution in [-0.2, 0) is 10.0 Å². The Labute approximate surface area is 240 Å². The number of fused-ring (bicyclic) bond motifs is 2. The van der Waals surface area contributed by atoms with Gasteiger partial charge in [-0.2, -0.15) is 0 Å². The Balaban J connectivity index is 1.31. The highest BCUT2D eigenvalue weighted by molar-refractivity contribution is 7.89. The minimum Gasteiger partial charge on any atom is -0.496 e. The number of primary sulfonamides is 1. The molecule has 4 heterocycles. The zero-order chi connectivity index (χ0) is 28.6. The quantitative estimate of drug-likeness (QED) is 0.365. The summed E-state index contributed by atoms with van der Waals surface area (Å²) in [6, 6.07) is 9.23. The zero-order valence-electron chi connectivity index (χ0n) is 23.4. The molecule has 2 bridgehead atoms. The first-order valence-electron chi connectivity index (χ1n) is 13.8. The van der Waals surface area contributed by atoms with E-state index in [9.17, 15) is 13.2 Å². The molecule has 216 valence electrons. The maximum absolute atomic E-state index is 13.4. The van der Waals surface area contributed by atoms with Crippen LogP contribution in [0.4, 0.5) is 0 Å². The molecule has 10 nitrogen and oxygen atoms in total. The van der Waals surface area contributed by atoms with Gasteiger partial charge in [-0.25, -0.2) is 13.6 Å². The van der Waals surface area contributed by atoms with E-state index in [0.29, 0.717) is 29.8 Å². The molecule has 0 radical (unpaired) electrons. The van der Waals surface area contributed by atoms with Crippen molar-refractivity contribution >= 4 is 27.3 Å². The Morgan fingerprint density at radius 1 is 1.18 bits per heavy atom. The van der Waals surface area contributed by atoms with Crippen LogP contribution in [0.25, 0.3) is 0 Å². The molecule has 0 aliphatic carbocycles. The van der Waals surface area contributed by atoms with Crippen molar-refractivity contribution in [1.29, 1.82) is 0 Å². The van der Waals surface area contributed by atoms with Crippen molar-refractivity contribution in [2.75, 3.05) is 13.7 Å². The lowest BCUT2D eigenvalue weighted by atomic mass is 9.95. The molecule has 2 saturated heterocycles. The number of carbonyl (C=O) groups is 1. The van der Waals surface area contributed by atoms with E-state index in [-0.39, 0.29) is 16.5 Å². The number of nitrogens with one attached hydrogen (secondary N) is 1. The van der Waals surface area contributed by atoms with Crippen molar-refractivity contribution in [2.45, 2.75) is 87.9 Å². The van der Waals surface area contributed by atoms with Gasteiger partial charge in [-0.3, -0.25) is 9.69 Å². The molecule has 4 atom stereocenters. The molecule has 0 saturated carbocycles. The van der Waals surface area contributed by atoms with Gasteiger partial charge in [0.1, 0.15) is 17.4 Å². The molecular formula is C28H38N6O4S2. The molecule has 12 heteroatoms. The summed E-state index contributed by atoms with van der Waals surface area (Å²) in [6.45, 7) is 7.25. The van der Waals surface area contributed by atoms with E-state index in [0.717, 1.165) is 42.3 Å². The van der Waals surface area contributed by atoms with Gasteiger partial charge in [0, 0.05) is 35.5 Å². The molecule has 3 N–H and O–H groups in total. The van der Waals surface area contributed by atoms with Crippen LogP contribution in [-0.4, -0.2) is 59.7 Å². The molecule has 2 fully saturated rings. The average Bonchev–Trinajstić information content (AvgIpc) is 3.64. The number of benzene rings is 1. The van der Waals surface area contributed by atoms with Crippen LogP contribution in [0.15, 0.2) is 40.6 Å².